The molecule has 19 heavy (non-hydrogen) atoms. The van der Waals surface area contributed by atoms with Crippen molar-refractivity contribution in [2.24, 2.45) is 5.92 Å². The SMILES string of the molecule is CCC(Nc1nc(N)c(F)cc1F)C1CCCCC1. The van der Waals surface area contributed by atoms with Crippen LogP contribution < -0.4 is 11.1 Å². The van der Waals surface area contributed by atoms with E-state index in [0.29, 0.717) is 5.92 Å². The second-order valence-electron chi connectivity index (χ2n) is 5.24. The first-order valence-corrected chi connectivity index (χ1v) is 7.00. The summed E-state index contributed by atoms with van der Waals surface area (Å²) < 4.78 is 26.8. The van der Waals surface area contributed by atoms with Crippen LogP contribution in [0.15, 0.2) is 6.07 Å². The number of nitrogens with two attached hydrogens (primary N) is 1. The largest absolute Gasteiger partial charge is 0.381 e. The normalized spacial score (nSPS) is 18.3. The summed E-state index contributed by atoms with van der Waals surface area (Å²) in [5.41, 5.74) is 5.39. The van der Waals surface area contributed by atoms with Gasteiger partial charge in [0.2, 0.25) is 0 Å². The summed E-state index contributed by atoms with van der Waals surface area (Å²) in [6.45, 7) is 2.07. The van der Waals surface area contributed by atoms with E-state index in [2.05, 4.69) is 17.2 Å². The maximum atomic E-state index is 13.7. The fourth-order valence-corrected chi connectivity index (χ4v) is 2.85. The Morgan fingerprint density at radius 1 is 1.32 bits per heavy atom. The van der Waals surface area contributed by atoms with Gasteiger partial charge in [-0.25, -0.2) is 13.8 Å². The quantitative estimate of drug-likeness (QED) is 0.876. The van der Waals surface area contributed by atoms with Crippen LogP contribution in [-0.4, -0.2) is 11.0 Å². The van der Waals surface area contributed by atoms with E-state index in [1.165, 1.54) is 19.3 Å². The molecule has 2 rings (SSSR count). The molecule has 0 bridgehead atoms. The molecule has 1 heterocycles. The number of aromatic nitrogens is 1. The van der Waals surface area contributed by atoms with Crippen molar-refractivity contribution in [1.29, 1.82) is 0 Å². The molecule has 3 N–H and O–H groups in total. The molecule has 1 atom stereocenters. The number of rotatable bonds is 4. The van der Waals surface area contributed by atoms with E-state index in [4.69, 9.17) is 5.73 Å². The van der Waals surface area contributed by atoms with Gasteiger partial charge >= 0.3 is 0 Å². The number of hydrogen-bond donors (Lipinski definition) is 2. The van der Waals surface area contributed by atoms with Crippen molar-refractivity contribution in [2.75, 3.05) is 11.1 Å². The molecule has 1 fully saturated rings. The molecule has 1 unspecified atom stereocenters. The molecule has 1 saturated carbocycles. The first-order valence-electron chi connectivity index (χ1n) is 7.00. The summed E-state index contributed by atoms with van der Waals surface area (Å²) in [7, 11) is 0. The summed E-state index contributed by atoms with van der Waals surface area (Å²) in [5, 5.41) is 3.10. The second kappa shape index (κ2) is 6.17. The highest BCUT2D eigenvalue weighted by Gasteiger charge is 2.23. The van der Waals surface area contributed by atoms with Gasteiger partial charge in [-0.3, -0.25) is 0 Å². The smallest absolute Gasteiger partial charge is 0.168 e. The standard InChI is InChI=1S/C14H21F2N3/c1-2-12(9-6-4-3-5-7-9)18-14-11(16)8-10(15)13(17)19-14/h8-9,12H,2-7H2,1H3,(H3,17,18,19). The van der Waals surface area contributed by atoms with Crippen LogP contribution in [0, 0.1) is 17.6 Å². The molecule has 5 heteroatoms. The summed E-state index contributed by atoms with van der Waals surface area (Å²) in [4.78, 5) is 3.77. The molecule has 1 aliphatic rings. The van der Waals surface area contributed by atoms with Crippen molar-refractivity contribution in [3.05, 3.63) is 17.7 Å². The monoisotopic (exact) mass is 269 g/mol. The van der Waals surface area contributed by atoms with E-state index in [0.717, 1.165) is 25.3 Å². The van der Waals surface area contributed by atoms with Gasteiger partial charge in [0, 0.05) is 12.1 Å². The van der Waals surface area contributed by atoms with Crippen LogP contribution in [0.1, 0.15) is 45.4 Å². The molecule has 1 aromatic rings. The minimum atomic E-state index is -0.811. The molecule has 0 amide bonds. The van der Waals surface area contributed by atoms with Gasteiger partial charge in [0.05, 0.1) is 0 Å². The number of anilines is 2. The van der Waals surface area contributed by atoms with Gasteiger partial charge in [0.15, 0.2) is 23.3 Å². The van der Waals surface area contributed by atoms with E-state index in [9.17, 15) is 8.78 Å². The number of hydrogen-bond acceptors (Lipinski definition) is 3. The van der Waals surface area contributed by atoms with Gasteiger partial charge < -0.3 is 11.1 Å². The van der Waals surface area contributed by atoms with E-state index >= 15 is 0 Å². The van der Waals surface area contributed by atoms with Crippen LogP contribution in [0.5, 0.6) is 0 Å². The minimum absolute atomic E-state index is 0.0660. The fraction of sp³-hybridized carbons (Fsp3) is 0.643. The van der Waals surface area contributed by atoms with Gasteiger partial charge in [-0.15, -0.1) is 0 Å². The van der Waals surface area contributed by atoms with Gasteiger partial charge in [-0.1, -0.05) is 26.2 Å². The predicted molar refractivity (Wildman–Crippen MR) is 72.8 cm³/mol. The summed E-state index contributed by atoms with van der Waals surface area (Å²) in [6, 6.07) is 0.963. The lowest BCUT2D eigenvalue weighted by Crippen LogP contribution is -2.31. The van der Waals surface area contributed by atoms with Crippen LogP contribution in [0.2, 0.25) is 0 Å². The zero-order valence-electron chi connectivity index (χ0n) is 11.3. The van der Waals surface area contributed by atoms with Crippen molar-refractivity contribution in [2.45, 2.75) is 51.5 Å². The highest BCUT2D eigenvalue weighted by atomic mass is 19.1. The molecule has 106 valence electrons. The second-order valence-corrected chi connectivity index (χ2v) is 5.24. The van der Waals surface area contributed by atoms with Gasteiger partial charge in [0.25, 0.3) is 0 Å². The maximum Gasteiger partial charge on any atom is 0.168 e. The molecule has 0 saturated heterocycles. The summed E-state index contributed by atoms with van der Waals surface area (Å²) in [6.07, 6.45) is 6.94. The summed E-state index contributed by atoms with van der Waals surface area (Å²) in [5.74, 6) is -1.15. The maximum absolute atomic E-state index is 13.7. The Balaban J connectivity index is 2.11. The highest BCUT2D eigenvalue weighted by Crippen LogP contribution is 2.30. The fourth-order valence-electron chi connectivity index (χ4n) is 2.85. The number of nitrogens with one attached hydrogen (secondary N) is 1. The Labute approximate surface area is 112 Å². The Morgan fingerprint density at radius 2 is 2.00 bits per heavy atom. The Bertz CT molecular complexity index is 431. The Kier molecular flexibility index (Phi) is 4.56. The molecule has 0 aliphatic heterocycles. The van der Waals surface area contributed by atoms with Gasteiger partial charge in [-0.05, 0) is 25.2 Å². The topological polar surface area (TPSA) is 50.9 Å². The van der Waals surface area contributed by atoms with E-state index in [1.807, 2.05) is 0 Å². The average molecular weight is 269 g/mol. The van der Waals surface area contributed by atoms with Crippen LogP contribution in [-0.2, 0) is 0 Å². The molecular formula is C14H21F2N3. The van der Waals surface area contributed by atoms with Crippen molar-refractivity contribution in [1.82, 2.24) is 4.98 Å². The van der Waals surface area contributed by atoms with Gasteiger partial charge in [-0.2, -0.15) is 0 Å². The Morgan fingerprint density at radius 3 is 2.63 bits per heavy atom. The predicted octanol–water partition coefficient (Wildman–Crippen LogP) is 3.71. The van der Waals surface area contributed by atoms with Crippen LogP contribution >= 0.6 is 0 Å². The number of halogens is 2. The minimum Gasteiger partial charge on any atom is -0.381 e. The zero-order chi connectivity index (χ0) is 13.8. The average Bonchev–Trinajstić information content (AvgIpc) is 2.42. The summed E-state index contributed by atoms with van der Waals surface area (Å²) >= 11 is 0. The number of nitrogen functional groups attached to an aromatic ring is 1. The van der Waals surface area contributed by atoms with E-state index in [-0.39, 0.29) is 17.7 Å². The number of nitrogens with zero attached hydrogens (tertiary/aromatic N) is 1. The third kappa shape index (κ3) is 3.33. The van der Waals surface area contributed by atoms with E-state index in [1.54, 1.807) is 0 Å². The third-order valence-corrected chi connectivity index (χ3v) is 3.94. The van der Waals surface area contributed by atoms with E-state index < -0.39 is 11.6 Å². The third-order valence-electron chi connectivity index (χ3n) is 3.94. The van der Waals surface area contributed by atoms with Crippen LogP contribution in [0.3, 0.4) is 0 Å². The lowest BCUT2D eigenvalue weighted by molar-refractivity contribution is 0.312. The van der Waals surface area contributed by atoms with Crippen LogP contribution in [0.4, 0.5) is 20.4 Å². The van der Waals surface area contributed by atoms with Crippen molar-refractivity contribution in [3.63, 3.8) is 0 Å². The molecule has 3 nitrogen and oxygen atoms in total. The zero-order valence-corrected chi connectivity index (χ0v) is 11.3. The Hall–Kier alpha value is -1.39. The molecular weight excluding hydrogens is 248 g/mol. The lowest BCUT2D eigenvalue weighted by atomic mass is 9.83. The number of pyridine rings is 1. The lowest BCUT2D eigenvalue weighted by Gasteiger charge is -2.30. The van der Waals surface area contributed by atoms with Gasteiger partial charge in [0.1, 0.15) is 0 Å². The molecule has 1 aromatic heterocycles. The molecule has 0 radical (unpaired) electrons. The molecule has 1 aliphatic carbocycles. The van der Waals surface area contributed by atoms with Crippen LogP contribution in [0.25, 0.3) is 0 Å². The van der Waals surface area contributed by atoms with Crippen molar-refractivity contribution >= 4 is 11.6 Å². The van der Waals surface area contributed by atoms with Crippen molar-refractivity contribution in [3.8, 4) is 0 Å². The first kappa shape index (κ1) is 14.0. The highest BCUT2D eigenvalue weighted by molar-refractivity contribution is 5.45. The molecule has 0 aromatic carbocycles. The molecule has 0 spiro atoms. The van der Waals surface area contributed by atoms with Crippen molar-refractivity contribution < 1.29 is 8.78 Å². The first-order chi connectivity index (χ1) is 9.11.